The number of hydrogen-bond acceptors (Lipinski definition) is 7. The number of ether oxygens (including phenoxy) is 1. The van der Waals surface area contributed by atoms with Crippen LogP contribution in [0.4, 0.5) is 0 Å². The number of aryl methyl sites for hydroxylation is 1. The topological polar surface area (TPSA) is 139 Å². The van der Waals surface area contributed by atoms with E-state index in [2.05, 4.69) is 20.8 Å². The number of nitrogens with one attached hydrogen (secondary N) is 3. The minimum absolute atomic E-state index is 0.0209. The lowest BCUT2D eigenvalue weighted by atomic mass is 9.93. The van der Waals surface area contributed by atoms with Crippen molar-refractivity contribution in [2.75, 3.05) is 6.61 Å². The molecule has 1 aliphatic rings. The largest absolute Gasteiger partial charge is 0.482 e. The van der Waals surface area contributed by atoms with Gasteiger partial charge in [0.05, 0.1) is 15.6 Å². The van der Waals surface area contributed by atoms with E-state index in [1.165, 1.54) is 24.3 Å². The van der Waals surface area contributed by atoms with E-state index in [0.717, 1.165) is 0 Å². The summed E-state index contributed by atoms with van der Waals surface area (Å²) in [7, 11) is -3.85. The van der Waals surface area contributed by atoms with Gasteiger partial charge in [0.15, 0.2) is 12.4 Å². The van der Waals surface area contributed by atoms with E-state index < -0.39 is 28.4 Å². The Bertz CT molecular complexity index is 1470. The van der Waals surface area contributed by atoms with Gasteiger partial charge in [-0.05, 0) is 50.1 Å². The van der Waals surface area contributed by atoms with E-state index >= 15 is 0 Å². The van der Waals surface area contributed by atoms with Crippen LogP contribution < -0.4 is 20.4 Å². The fraction of sp³-hybridized carbons (Fsp3) is 0.208. The average Bonchev–Trinajstić information content (AvgIpc) is 3.23. The number of sulfonamides is 1. The molecule has 37 heavy (non-hydrogen) atoms. The van der Waals surface area contributed by atoms with Gasteiger partial charge in [0.1, 0.15) is 11.5 Å². The first-order chi connectivity index (χ1) is 17.7. The molecule has 0 fully saturated rings. The van der Waals surface area contributed by atoms with Gasteiger partial charge in [0.2, 0.25) is 0 Å². The number of hydrazine groups is 1. The lowest BCUT2D eigenvalue weighted by Crippen LogP contribution is -2.43. The van der Waals surface area contributed by atoms with Crippen LogP contribution in [0.25, 0.3) is 0 Å². The summed E-state index contributed by atoms with van der Waals surface area (Å²) >= 11 is 11.8. The zero-order valence-corrected chi connectivity index (χ0v) is 21.8. The number of benzene rings is 2. The number of carbonyl (C=O) groups is 2. The van der Waals surface area contributed by atoms with Crippen LogP contribution in [0.15, 0.2) is 62.9 Å². The lowest BCUT2D eigenvalue weighted by Gasteiger charge is -2.14. The van der Waals surface area contributed by atoms with Gasteiger partial charge in [-0.1, -0.05) is 41.4 Å². The Labute approximate surface area is 223 Å². The molecule has 3 N–H and O–H groups in total. The molecular weight excluding hydrogens is 543 g/mol. The second-order valence-corrected chi connectivity index (χ2v) is 10.5. The molecule has 3 aromatic rings. The van der Waals surface area contributed by atoms with Crippen LogP contribution in [0.1, 0.15) is 40.3 Å². The maximum absolute atomic E-state index is 12.7. The van der Waals surface area contributed by atoms with Crippen molar-refractivity contribution in [1.29, 1.82) is 0 Å². The lowest BCUT2D eigenvalue weighted by molar-refractivity contribution is -0.123. The highest BCUT2D eigenvalue weighted by atomic mass is 35.5. The molecule has 0 aliphatic heterocycles. The number of carbonyl (C=O) groups excluding carboxylic acids is 2. The van der Waals surface area contributed by atoms with E-state index in [0.29, 0.717) is 46.9 Å². The van der Waals surface area contributed by atoms with Crippen LogP contribution in [-0.2, 0) is 21.2 Å². The number of halogens is 2. The molecule has 10 nitrogen and oxygen atoms in total. The average molecular weight is 565 g/mol. The van der Waals surface area contributed by atoms with E-state index in [-0.39, 0.29) is 21.4 Å². The Morgan fingerprint density at radius 3 is 2.57 bits per heavy atom. The SMILES string of the molecule is Cc1c(C(=O)NNC(=O)COc2ccc(Cl)cc2Cl)oc2c1/C(=N/NS(=O)(=O)c1ccccc1)CCC2. The fourth-order valence-corrected chi connectivity index (χ4v) is 5.03. The second kappa shape index (κ2) is 11.2. The summed E-state index contributed by atoms with van der Waals surface area (Å²) in [5.41, 5.74) is 6.03. The number of nitrogens with zero attached hydrogens (tertiary/aromatic N) is 1. The summed E-state index contributed by atoms with van der Waals surface area (Å²) in [6.07, 6.45) is 1.71. The van der Waals surface area contributed by atoms with E-state index in [9.17, 15) is 18.0 Å². The number of hydrazone groups is 1. The zero-order chi connectivity index (χ0) is 26.6. The molecule has 2 amide bonds. The first kappa shape index (κ1) is 26.5. The summed E-state index contributed by atoms with van der Waals surface area (Å²) in [5, 5.41) is 4.79. The maximum Gasteiger partial charge on any atom is 0.305 e. The van der Waals surface area contributed by atoms with E-state index in [1.807, 2.05) is 0 Å². The third-order valence-corrected chi connectivity index (χ3v) is 7.21. The van der Waals surface area contributed by atoms with E-state index in [1.54, 1.807) is 31.2 Å². The molecule has 1 aliphatic carbocycles. The van der Waals surface area contributed by atoms with Gasteiger partial charge in [0.25, 0.3) is 15.9 Å². The maximum atomic E-state index is 12.7. The Hall–Kier alpha value is -3.54. The molecule has 0 spiro atoms. The molecule has 0 atom stereocenters. The molecule has 1 heterocycles. The quantitative estimate of drug-likeness (QED) is 0.373. The minimum atomic E-state index is -3.85. The monoisotopic (exact) mass is 564 g/mol. The molecule has 0 radical (unpaired) electrons. The summed E-state index contributed by atoms with van der Waals surface area (Å²) < 4.78 is 36.2. The standard InChI is InChI=1S/C24H22Cl2N4O6S/c1-14-22-18(27-30-37(33,34)16-6-3-2-4-7-16)8-5-9-20(22)36-23(14)24(32)29-28-21(31)13-35-19-11-10-15(25)12-17(19)26/h2-4,6-7,10-12,30H,5,8-9,13H2,1H3,(H,28,31)(H,29,32)/b27-18+. The first-order valence-corrected chi connectivity index (χ1v) is 13.3. The molecule has 0 bridgehead atoms. The fourth-order valence-electron chi connectivity index (χ4n) is 3.72. The summed E-state index contributed by atoms with van der Waals surface area (Å²) in [6.45, 7) is 1.25. The normalized spacial score (nSPS) is 14.1. The second-order valence-electron chi connectivity index (χ2n) is 8.04. The Kier molecular flexibility index (Phi) is 8.06. The van der Waals surface area contributed by atoms with Crippen LogP contribution in [0.3, 0.4) is 0 Å². The Morgan fingerprint density at radius 2 is 1.84 bits per heavy atom. The summed E-state index contributed by atoms with van der Waals surface area (Å²) in [6, 6.07) is 12.4. The number of rotatable bonds is 7. The molecule has 0 saturated carbocycles. The minimum Gasteiger partial charge on any atom is -0.482 e. The summed E-state index contributed by atoms with van der Waals surface area (Å²) in [4.78, 5) is 27.2. The molecule has 194 valence electrons. The van der Waals surface area contributed by atoms with Crippen molar-refractivity contribution in [1.82, 2.24) is 15.7 Å². The van der Waals surface area contributed by atoms with Gasteiger partial charge < -0.3 is 9.15 Å². The highest BCUT2D eigenvalue weighted by molar-refractivity contribution is 7.89. The van der Waals surface area contributed by atoms with Gasteiger partial charge in [-0.15, -0.1) is 0 Å². The molecule has 13 heteroatoms. The van der Waals surface area contributed by atoms with Crippen LogP contribution in [-0.4, -0.2) is 32.6 Å². The Morgan fingerprint density at radius 1 is 1.08 bits per heavy atom. The third kappa shape index (κ3) is 6.24. The van der Waals surface area contributed by atoms with Crippen LogP contribution >= 0.6 is 23.2 Å². The van der Waals surface area contributed by atoms with Crippen molar-refractivity contribution < 1.29 is 27.2 Å². The number of amides is 2. The molecule has 0 unspecified atom stereocenters. The third-order valence-electron chi connectivity index (χ3n) is 5.45. The van der Waals surface area contributed by atoms with Gasteiger partial charge in [0, 0.05) is 22.6 Å². The molecular formula is C24H22Cl2N4O6S. The number of hydrogen-bond donors (Lipinski definition) is 3. The molecule has 4 rings (SSSR count). The van der Waals surface area contributed by atoms with Crippen molar-refractivity contribution in [3.05, 3.63) is 81.2 Å². The van der Waals surface area contributed by atoms with Gasteiger partial charge >= 0.3 is 5.91 Å². The predicted molar refractivity (Wildman–Crippen MR) is 137 cm³/mol. The highest BCUT2D eigenvalue weighted by Gasteiger charge is 2.28. The number of furan rings is 1. The van der Waals surface area contributed by atoms with E-state index in [4.69, 9.17) is 32.4 Å². The molecule has 0 saturated heterocycles. The Balaban J connectivity index is 1.41. The smallest absolute Gasteiger partial charge is 0.305 e. The van der Waals surface area contributed by atoms with Crippen LogP contribution in [0.2, 0.25) is 10.0 Å². The molecule has 2 aromatic carbocycles. The van der Waals surface area contributed by atoms with Gasteiger partial charge in [-0.25, -0.2) is 0 Å². The van der Waals surface area contributed by atoms with Crippen molar-refractivity contribution in [2.45, 2.75) is 31.1 Å². The van der Waals surface area contributed by atoms with Gasteiger partial charge in [-0.2, -0.15) is 18.4 Å². The first-order valence-electron chi connectivity index (χ1n) is 11.1. The van der Waals surface area contributed by atoms with Crippen molar-refractivity contribution in [3.8, 4) is 5.75 Å². The zero-order valence-electron chi connectivity index (χ0n) is 19.5. The van der Waals surface area contributed by atoms with Gasteiger partial charge in [-0.3, -0.25) is 20.4 Å². The van der Waals surface area contributed by atoms with Crippen LogP contribution in [0, 0.1) is 6.92 Å². The highest BCUT2D eigenvalue weighted by Crippen LogP contribution is 2.30. The number of fused-ring (bicyclic) bond motifs is 1. The van der Waals surface area contributed by atoms with Crippen LogP contribution in [0.5, 0.6) is 5.75 Å². The summed E-state index contributed by atoms with van der Waals surface area (Å²) in [5.74, 6) is -0.567. The van der Waals surface area contributed by atoms with Crippen molar-refractivity contribution in [3.63, 3.8) is 0 Å². The van der Waals surface area contributed by atoms with Crippen molar-refractivity contribution >= 4 is 50.8 Å². The predicted octanol–water partition coefficient (Wildman–Crippen LogP) is 3.75. The van der Waals surface area contributed by atoms with Crippen molar-refractivity contribution in [2.24, 2.45) is 5.10 Å². The molecule has 1 aromatic heterocycles.